The summed E-state index contributed by atoms with van der Waals surface area (Å²) in [6.45, 7) is 0.573. The molecule has 0 fully saturated rings. The van der Waals surface area contributed by atoms with Gasteiger partial charge in [-0.1, -0.05) is 30.3 Å². The lowest BCUT2D eigenvalue weighted by atomic mass is 10.1. The molecule has 140 valence electrons. The average Bonchev–Trinajstić information content (AvgIpc) is 3.42. The van der Waals surface area contributed by atoms with E-state index >= 15 is 0 Å². The Bertz CT molecular complexity index is 1020. The first kappa shape index (κ1) is 17.7. The van der Waals surface area contributed by atoms with Crippen LogP contribution in [0.2, 0.25) is 0 Å². The van der Waals surface area contributed by atoms with Gasteiger partial charge >= 0.3 is 0 Å². The summed E-state index contributed by atoms with van der Waals surface area (Å²) in [5, 5.41) is 7.14. The number of aromatic nitrogens is 3. The molecule has 6 nitrogen and oxygen atoms in total. The smallest absolute Gasteiger partial charge is 0.226 e. The SMILES string of the molecule is O=C(Cc1coc(-c2ccccc2)n1)NCCc1ccc(-n2cccn2)cc1. The number of oxazole rings is 1. The van der Waals surface area contributed by atoms with Crippen LogP contribution in [0, 0.1) is 0 Å². The van der Waals surface area contributed by atoms with Crippen molar-refractivity contribution in [1.29, 1.82) is 0 Å². The Balaban J connectivity index is 1.25. The number of carbonyl (C=O) groups is 1. The molecule has 0 aliphatic rings. The first-order chi connectivity index (χ1) is 13.8. The van der Waals surface area contributed by atoms with Gasteiger partial charge < -0.3 is 9.73 Å². The molecule has 4 rings (SSSR count). The highest BCUT2D eigenvalue weighted by molar-refractivity contribution is 5.78. The van der Waals surface area contributed by atoms with Crippen molar-refractivity contribution in [1.82, 2.24) is 20.1 Å². The number of nitrogens with zero attached hydrogens (tertiary/aromatic N) is 3. The summed E-state index contributed by atoms with van der Waals surface area (Å²) in [4.78, 5) is 16.5. The highest BCUT2D eigenvalue weighted by Crippen LogP contribution is 2.18. The maximum Gasteiger partial charge on any atom is 0.226 e. The fourth-order valence-corrected chi connectivity index (χ4v) is 2.91. The fourth-order valence-electron chi connectivity index (χ4n) is 2.91. The topological polar surface area (TPSA) is 73.0 Å². The molecular formula is C22H20N4O2. The number of nitrogens with one attached hydrogen (secondary N) is 1. The lowest BCUT2D eigenvalue weighted by molar-refractivity contribution is -0.120. The second-order valence-electron chi connectivity index (χ2n) is 6.40. The van der Waals surface area contributed by atoms with E-state index in [1.54, 1.807) is 6.20 Å². The van der Waals surface area contributed by atoms with Crippen LogP contribution in [0.3, 0.4) is 0 Å². The first-order valence-corrected chi connectivity index (χ1v) is 9.13. The molecule has 0 saturated carbocycles. The first-order valence-electron chi connectivity index (χ1n) is 9.13. The number of amides is 1. The van der Waals surface area contributed by atoms with E-state index in [0.29, 0.717) is 18.1 Å². The minimum atomic E-state index is -0.0685. The standard InChI is InChI=1S/C22H20N4O2/c27-21(15-19-16-28-22(25-19)18-5-2-1-3-6-18)23-13-11-17-7-9-20(10-8-17)26-14-4-12-24-26/h1-10,12,14,16H,11,13,15H2,(H,23,27). The maximum absolute atomic E-state index is 12.2. The zero-order valence-corrected chi connectivity index (χ0v) is 15.3. The van der Waals surface area contributed by atoms with Crippen molar-refractivity contribution in [3.05, 3.63) is 90.6 Å². The van der Waals surface area contributed by atoms with E-state index < -0.39 is 0 Å². The molecule has 0 aliphatic carbocycles. The molecule has 0 saturated heterocycles. The third-order valence-electron chi connectivity index (χ3n) is 4.36. The van der Waals surface area contributed by atoms with Crippen LogP contribution >= 0.6 is 0 Å². The van der Waals surface area contributed by atoms with Gasteiger partial charge in [-0.2, -0.15) is 5.10 Å². The van der Waals surface area contributed by atoms with Gasteiger partial charge in [0.2, 0.25) is 11.8 Å². The molecule has 1 N–H and O–H groups in total. The Labute approximate surface area is 162 Å². The monoisotopic (exact) mass is 372 g/mol. The summed E-state index contributed by atoms with van der Waals surface area (Å²) >= 11 is 0. The second-order valence-corrected chi connectivity index (χ2v) is 6.40. The molecular weight excluding hydrogens is 352 g/mol. The molecule has 2 heterocycles. The van der Waals surface area contributed by atoms with E-state index in [1.807, 2.05) is 71.5 Å². The van der Waals surface area contributed by atoms with Gasteiger partial charge in [0.25, 0.3) is 0 Å². The fraction of sp³-hybridized carbons (Fsp3) is 0.136. The molecule has 0 unspecified atom stereocenters. The van der Waals surface area contributed by atoms with Crippen LogP contribution in [0.1, 0.15) is 11.3 Å². The molecule has 6 heteroatoms. The molecule has 4 aromatic rings. The number of benzene rings is 2. The molecule has 0 aliphatic heterocycles. The van der Waals surface area contributed by atoms with Crippen LogP contribution in [-0.4, -0.2) is 27.2 Å². The summed E-state index contributed by atoms with van der Waals surface area (Å²) < 4.78 is 7.28. The highest BCUT2D eigenvalue weighted by atomic mass is 16.3. The maximum atomic E-state index is 12.2. The van der Waals surface area contributed by atoms with Crippen molar-refractivity contribution in [3.63, 3.8) is 0 Å². The summed E-state index contributed by atoms with van der Waals surface area (Å²) in [5.74, 6) is 0.460. The van der Waals surface area contributed by atoms with Crippen LogP contribution in [-0.2, 0) is 17.6 Å². The molecule has 28 heavy (non-hydrogen) atoms. The van der Waals surface area contributed by atoms with Gasteiger partial charge in [0.15, 0.2) is 0 Å². The molecule has 2 aromatic carbocycles. The average molecular weight is 372 g/mol. The van der Waals surface area contributed by atoms with Gasteiger partial charge in [-0.15, -0.1) is 0 Å². The summed E-state index contributed by atoms with van der Waals surface area (Å²) in [6, 6.07) is 19.7. The van der Waals surface area contributed by atoms with Crippen molar-refractivity contribution in [2.75, 3.05) is 6.54 Å². The van der Waals surface area contributed by atoms with Gasteiger partial charge in [-0.3, -0.25) is 4.79 Å². The van der Waals surface area contributed by atoms with Crippen molar-refractivity contribution >= 4 is 5.91 Å². The Morgan fingerprint density at radius 1 is 1.04 bits per heavy atom. The van der Waals surface area contributed by atoms with E-state index in [2.05, 4.69) is 15.4 Å². The Hall–Kier alpha value is -3.67. The molecule has 0 bridgehead atoms. The van der Waals surface area contributed by atoms with Crippen LogP contribution in [0.25, 0.3) is 17.1 Å². The Morgan fingerprint density at radius 2 is 1.86 bits per heavy atom. The number of rotatable bonds is 7. The molecule has 0 atom stereocenters. The third kappa shape index (κ3) is 4.35. The minimum Gasteiger partial charge on any atom is -0.444 e. The third-order valence-corrected chi connectivity index (χ3v) is 4.36. The highest BCUT2D eigenvalue weighted by Gasteiger charge is 2.10. The Kier molecular flexibility index (Phi) is 5.29. The van der Waals surface area contributed by atoms with Crippen molar-refractivity contribution in [2.24, 2.45) is 0 Å². The molecule has 0 spiro atoms. The van der Waals surface area contributed by atoms with E-state index in [1.165, 1.54) is 6.26 Å². The van der Waals surface area contributed by atoms with E-state index in [4.69, 9.17) is 4.42 Å². The van der Waals surface area contributed by atoms with Crippen molar-refractivity contribution in [2.45, 2.75) is 12.8 Å². The zero-order chi connectivity index (χ0) is 19.2. The van der Waals surface area contributed by atoms with Crippen LogP contribution in [0.5, 0.6) is 0 Å². The summed E-state index contributed by atoms with van der Waals surface area (Å²) in [5.41, 5.74) is 3.69. The van der Waals surface area contributed by atoms with Crippen molar-refractivity contribution < 1.29 is 9.21 Å². The van der Waals surface area contributed by atoms with Crippen molar-refractivity contribution in [3.8, 4) is 17.1 Å². The number of hydrogen-bond acceptors (Lipinski definition) is 4. The molecule has 2 aromatic heterocycles. The van der Waals surface area contributed by atoms with Crippen LogP contribution < -0.4 is 5.32 Å². The van der Waals surface area contributed by atoms with E-state index in [0.717, 1.165) is 23.2 Å². The van der Waals surface area contributed by atoms with Gasteiger partial charge in [-0.25, -0.2) is 9.67 Å². The minimum absolute atomic E-state index is 0.0685. The second kappa shape index (κ2) is 8.35. The molecule has 0 radical (unpaired) electrons. The quantitative estimate of drug-likeness (QED) is 0.539. The van der Waals surface area contributed by atoms with Crippen LogP contribution in [0.15, 0.2) is 83.7 Å². The number of carbonyl (C=O) groups excluding carboxylic acids is 1. The van der Waals surface area contributed by atoms with Gasteiger partial charge in [0.1, 0.15) is 6.26 Å². The predicted molar refractivity (Wildman–Crippen MR) is 106 cm³/mol. The number of hydrogen-bond donors (Lipinski definition) is 1. The largest absolute Gasteiger partial charge is 0.444 e. The van der Waals surface area contributed by atoms with Crippen LogP contribution in [0.4, 0.5) is 0 Å². The summed E-state index contributed by atoms with van der Waals surface area (Å²) in [6.07, 6.45) is 6.16. The predicted octanol–water partition coefficient (Wildman–Crippen LogP) is 3.43. The van der Waals surface area contributed by atoms with E-state index in [-0.39, 0.29) is 12.3 Å². The molecule has 1 amide bonds. The lowest BCUT2D eigenvalue weighted by Gasteiger charge is -2.06. The van der Waals surface area contributed by atoms with Gasteiger partial charge in [0, 0.05) is 24.5 Å². The lowest BCUT2D eigenvalue weighted by Crippen LogP contribution is -2.27. The Morgan fingerprint density at radius 3 is 2.61 bits per heavy atom. The zero-order valence-electron chi connectivity index (χ0n) is 15.3. The summed E-state index contributed by atoms with van der Waals surface area (Å²) in [7, 11) is 0. The van der Waals surface area contributed by atoms with E-state index in [9.17, 15) is 4.79 Å². The van der Waals surface area contributed by atoms with Gasteiger partial charge in [0.05, 0.1) is 17.8 Å². The van der Waals surface area contributed by atoms with Gasteiger partial charge in [-0.05, 0) is 42.3 Å². The normalized spacial score (nSPS) is 10.7.